The van der Waals surface area contributed by atoms with Crippen molar-refractivity contribution in [2.45, 2.75) is 33.0 Å². The molecule has 0 aliphatic carbocycles. The lowest BCUT2D eigenvalue weighted by molar-refractivity contribution is 0.166. The average molecular weight is 257 g/mol. The van der Waals surface area contributed by atoms with Crippen molar-refractivity contribution in [3.05, 3.63) is 59.4 Å². The van der Waals surface area contributed by atoms with Gasteiger partial charge in [0.15, 0.2) is 0 Å². The van der Waals surface area contributed by atoms with Gasteiger partial charge in [0.05, 0.1) is 6.10 Å². The molecule has 0 unspecified atom stereocenters. The third-order valence-corrected chi connectivity index (χ3v) is 2.99. The van der Waals surface area contributed by atoms with Crippen LogP contribution in [0.1, 0.15) is 36.1 Å². The van der Waals surface area contributed by atoms with Gasteiger partial charge < -0.3 is 9.84 Å². The van der Waals surface area contributed by atoms with Gasteiger partial charge in [0, 0.05) is 23.5 Å². The highest BCUT2D eigenvalue weighted by atomic mass is 16.5. The van der Waals surface area contributed by atoms with Crippen molar-refractivity contribution >= 4 is 0 Å². The molecule has 1 aromatic heterocycles. The average Bonchev–Trinajstić information content (AvgIpc) is 2.45. The number of nitrogens with zero attached hydrogens (tertiary/aromatic N) is 1. The quantitative estimate of drug-likeness (QED) is 0.892. The molecule has 0 saturated carbocycles. The summed E-state index contributed by atoms with van der Waals surface area (Å²) < 4.78 is 5.80. The van der Waals surface area contributed by atoms with Gasteiger partial charge in [0.1, 0.15) is 12.4 Å². The lowest BCUT2D eigenvalue weighted by atomic mass is 10.1. The lowest BCUT2D eigenvalue weighted by Crippen LogP contribution is -2.02. The summed E-state index contributed by atoms with van der Waals surface area (Å²) in [5.74, 6) is 0.735. The van der Waals surface area contributed by atoms with E-state index in [1.54, 1.807) is 6.20 Å². The van der Waals surface area contributed by atoms with E-state index in [0.29, 0.717) is 13.0 Å². The molecule has 0 radical (unpaired) electrons. The number of hydrogen-bond donors (Lipinski definition) is 1. The molecule has 0 saturated heterocycles. The van der Waals surface area contributed by atoms with E-state index < -0.39 is 6.10 Å². The van der Waals surface area contributed by atoms with Crippen LogP contribution in [0.5, 0.6) is 5.75 Å². The van der Waals surface area contributed by atoms with Gasteiger partial charge in [-0.3, -0.25) is 4.98 Å². The molecule has 2 aromatic rings. The molecule has 100 valence electrons. The predicted molar refractivity (Wildman–Crippen MR) is 75.0 cm³/mol. The van der Waals surface area contributed by atoms with Gasteiger partial charge in [0.2, 0.25) is 0 Å². The van der Waals surface area contributed by atoms with Gasteiger partial charge in [-0.2, -0.15) is 0 Å². The van der Waals surface area contributed by atoms with Gasteiger partial charge >= 0.3 is 0 Å². The molecule has 0 amide bonds. The van der Waals surface area contributed by atoms with Gasteiger partial charge in [-0.15, -0.1) is 0 Å². The van der Waals surface area contributed by atoms with Crippen molar-refractivity contribution in [3.8, 4) is 5.75 Å². The number of ether oxygens (including phenoxy) is 1. The SMILES string of the molecule is CC[C@H](O)c1ccccc1OCc1cncc(C)c1. The van der Waals surface area contributed by atoms with Crippen molar-refractivity contribution < 1.29 is 9.84 Å². The summed E-state index contributed by atoms with van der Waals surface area (Å²) >= 11 is 0. The molecule has 3 nitrogen and oxygen atoms in total. The Morgan fingerprint density at radius 2 is 2.05 bits per heavy atom. The summed E-state index contributed by atoms with van der Waals surface area (Å²) in [4.78, 5) is 4.14. The van der Waals surface area contributed by atoms with Crippen LogP contribution in [-0.4, -0.2) is 10.1 Å². The minimum absolute atomic E-state index is 0.460. The number of aliphatic hydroxyl groups excluding tert-OH is 1. The van der Waals surface area contributed by atoms with Crippen LogP contribution in [-0.2, 0) is 6.61 Å². The van der Waals surface area contributed by atoms with E-state index in [-0.39, 0.29) is 0 Å². The van der Waals surface area contributed by atoms with Crippen LogP contribution in [0.2, 0.25) is 0 Å². The first-order valence-corrected chi connectivity index (χ1v) is 6.51. The Balaban J connectivity index is 2.11. The minimum Gasteiger partial charge on any atom is -0.488 e. The fourth-order valence-corrected chi connectivity index (χ4v) is 1.96. The summed E-state index contributed by atoms with van der Waals surface area (Å²) in [5, 5.41) is 9.96. The van der Waals surface area contributed by atoms with Crippen LogP contribution in [0.4, 0.5) is 0 Å². The maximum atomic E-state index is 9.96. The first kappa shape index (κ1) is 13.6. The number of aryl methyl sites for hydroxylation is 1. The molecular formula is C16H19NO2. The maximum Gasteiger partial charge on any atom is 0.125 e. The van der Waals surface area contributed by atoms with Gasteiger partial charge in [0.25, 0.3) is 0 Å². The molecule has 1 heterocycles. The van der Waals surface area contributed by atoms with E-state index in [2.05, 4.69) is 4.98 Å². The second kappa shape index (κ2) is 6.34. The first-order valence-electron chi connectivity index (χ1n) is 6.51. The Kier molecular flexibility index (Phi) is 4.53. The molecule has 2 rings (SSSR count). The monoisotopic (exact) mass is 257 g/mol. The van der Waals surface area contributed by atoms with Crippen LogP contribution < -0.4 is 4.74 Å². The standard InChI is InChI=1S/C16H19NO2/c1-3-15(18)14-6-4-5-7-16(14)19-11-13-8-12(2)9-17-10-13/h4-10,15,18H,3,11H2,1-2H3/t15-/m0/s1. The van der Waals surface area contributed by atoms with E-state index in [9.17, 15) is 5.11 Å². The molecule has 0 aliphatic heterocycles. The maximum absolute atomic E-state index is 9.96. The lowest BCUT2D eigenvalue weighted by Gasteiger charge is -2.15. The molecule has 1 N–H and O–H groups in total. The van der Waals surface area contributed by atoms with Crippen molar-refractivity contribution in [1.29, 1.82) is 0 Å². The van der Waals surface area contributed by atoms with Gasteiger partial charge in [-0.1, -0.05) is 25.1 Å². The first-order chi connectivity index (χ1) is 9.20. The number of hydrogen-bond acceptors (Lipinski definition) is 3. The highest BCUT2D eigenvalue weighted by Gasteiger charge is 2.11. The Hall–Kier alpha value is -1.87. The van der Waals surface area contributed by atoms with Crippen molar-refractivity contribution in [1.82, 2.24) is 4.98 Å². The van der Waals surface area contributed by atoms with Crippen LogP contribution >= 0.6 is 0 Å². The molecule has 19 heavy (non-hydrogen) atoms. The zero-order chi connectivity index (χ0) is 13.7. The molecule has 1 atom stereocenters. The van der Waals surface area contributed by atoms with Gasteiger partial charge in [-0.25, -0.2) is 0 Å². The summed E-state index contributed by atoms with van der Waals surface area (Å²) in [7, 11) is 0. The van der Waals surface area contributed by atoms with Crippen LogP contribution in [0, 0.1) is 6.92 Å². The molecule has 0 aliphatic rings. The number of benzene rings is 1. The number of pyridine rings is 1. The second-order valence-electron chi connectivity index (χ2n) is 4.62. The van der Waals surface area contributed by atoms with Crippen LogP contribution in [0.25, 0.3) is 0 Å². The van der Waals surface area contributed by atoms with Crippen LogP contribution in [0.3, 0.4) is 0 Å². The van der Waals surface area contributed by atoms with Gasteiger partial charge in [-0.05, 0) is 31.0 Å². The van der Waals surface area contributed by atoms with Crippen molar-refractivity contribution in [2.75, 3.05) is 0 Å². The van der Waals surface area contributed by atoms with E-state index in [0.717, 1.165) is 22.4 Å². The number of rotatable bonds is 5. The number of aromatic nitrogens is 1. The third kappa shape index (κ3) is 3.55. The smallest absolute Gasteiger partial charge is 0.125 e. The molecule has 3 heteroatoms. The summed E-state index contributed by atoms with van der Waals surface area (Å²) in [6, 6.07) is 9.66. The Labute approximate surface area is 113 Å². The Morgan fingerprint density at radius 1 is 1.26 bits per heavy atom. The fraction of sp³-hybridized carbons (Fsp3) is 0.312. The van der Waals surface area contributed by atoms with E-state index in [1.807, 2.05) is 50.4 Å². The largest absolute Gasteiger partial charge is 0.488 e. The highest BCUT2D eigenvalue weighted by molar-refractivity contribution is 5.35. The molecule has 0 spiro atoms. The minimum atomic E-state index is -0.480. The topological polar surface area (TPSA) is 42.4 Å². The highest BCUT2D eigenvalue weighted by Crippen LogP contribution is 2.27. The third-order valence-electron chi connectivity index (χ3n) is 2.99. The number of aliphatic hydroxyl groups is 1. The fourth-order valence-electron chi connectivity index (χ4n) is 1.96. The van der Waals surface area contributed by atoms with E-state index in [1.165, 1.54) is 0 Å². The molecule has 0 bridgehead atoms. The number of para-hydroxylation sites is 1. The molecule has 0 fully saturated rings. The zero-order valence-electron chi connectivity index (χ0n) is 11.3. The Morgan fingerprint density at radius 3 is 2.79 bits per heavy atom. The van der Waals surface area contributed by atoms with E-state index >= 15 is 0 Å². The second-order valence-corrected chi connectivity index (χ2v) is 4.62. The summed E-state index contributed by atoms with van der Waals surface area (Å²) in [6.45, 7) is 4.42. The van der Waals surface area contributed by atoms with Crippen LogP contribution in [0.15, 0.2) is 42.7 Å². The zero-order valence-corrected chi connectivity index (χ0v) is 11.3. The predicted octanol–water partition coefficient (Wildman–Crippen LogP) is 3.41. The van der Waals surface area contributed by atoms with E-state index in [4.69, 9.17) is 4.74 Å². The summed E-state index contributed by atoms with van der Waals surface area (Å²) in [6.07, 6.45) is 3.81. The Bertz CT molecular complexity index is 540. The van der Waals surface area contributed by atoms with Crippen molar-refractivity contribution in [2.24, 2.45) is 0 Å². The van der Waals surface area contributed by atoms with Crippen molar-refractivity contribution in [3.63, 3.8) is 0 Å². The molecule has 1 aromatic carbocycles. The summed E-state index contributed by atoms with van der Waals surface area (Å²) in [5.41, 5.74) is 2.98. The molecular weight excluding hydrogens is 238 g/mol. The normalized spacial score (nSPS) is 12.2.